The van der Waals surface area contributed by atoms with Crippen molar-refractivity contribution in [1.82, 2.24) is 19.7 Å². The third kappa shape index (κ3) is 4.69. The Morgan fingerprint density at radius 3 is 2.55 bits per heavy atom. The molecule has 2 N–H and O–H groups in total. The third-order valence-corrected chi connectivity index (χ3v) is 4.85. The zero-order valence-corrected chi connectivity index (χ0v) is 17.1. The van der Waals surface area contributed by atoms with Gasteiger partial charge in [-0.25, -0.2) is 18.4 Å². The van der Waals surface area contributed by atoms with E-state index in [-0.39, 0.29) is 22.5 Å². The standard InChI is InChI=1S/C18H20N6O4S/c1-11(25)20-17-9-14(12(10-19-17)13-7-8-24(2)23-13)21-16-6-5-15(28-3)18(22-16)29(4,26)27/h5-10H,1-4H3,(H2,19,20,21,22,25). The van der Waals surface area contributed by atoms with Gasteiger partial charge in [-0.3, -0.25) is 9.48 Å². The summed E-state index contributed by atoms with van der Waals surface area (Å²) in [5, 5.41) is 9.89. The minimum absolute atomic E-state index is 0.150. The number of aryl methyl sites for hydroxylation is 1. The van der Waals surface area contributed by atoms with E-state index in [1.54, 1.807) is 36.3 Å². The molecule has 0 fully saturated rings. The Morgan fingerprint density at radius 2 is 1.97 bits per heavy atom. The molecule has 152 valence electrons. The molecule has 3 aromatic heterocycles. The van der Waals surface area contributed by atoms with Crippen LogP contribution in [0.3, 0.4) is 0 Å². The Bertz CT molecular complexity index is 1170. The highest BCUT2D eigenvalue weighted by molar-refractivity contribution is 7.90. The van der Waals surface area contributed by atoms with Crippen LogP contribution in [0.4, 0.5) is 17.3 Å². The highest BCUT2D eigenvalue weighted by Gasteiger charge is 2.18. The summed E-state index contributed by atoms with van der Waals surface area (Å²) >= 11 is 0. The molecule has 0 aromatic carbocycles. The molecule has 0 radical (unpaired) electrons. The van der Waals surface area contributed by atoms with E-state index >= 15 is 0 Å². The van der Waals surface area contributed by atoms with E-state index < -0.39 is 9.84 Å². The van der Waals surface area contributed by atoms with E-state index in [1.807, 2.05) is 6.07 Å². The zero-order chi connectivity index (χ0) is 21.2. The number of amides is 1. The Labute approximate surface area is 167 Å². The number of nitrogens with zero attached hydrogens (tertiary/aromatic N) is 4. The molecular formula is C18H20N6O4S. The van der Waals surface area contributed by atoms with Gasteiger partial charge in [0.25, 0.3) is 0 Å². The Balaban J connectivity index is 2.08. The summed E-state index contributed by atoms with van der Waals surface area (Å²) in [4.78, 5) is 19.8. The number of sulfone groups is 1. The van der Waals surface area contributed by atoms with Crippen LogP contribution < -0.4 is 15.4 Å². The van der Waals surface area contributed by atoms with Gasteiger partial charge in [-0.2, -0.15) is 5.10 Å². The lowest BCUT2D eigenvalue weighted by Gasteiger charge is -2.14. The number of rotatable bonds is 6. The molecule has 1 amide bonds. The first-order valence-corrected chi connectivity index (χ1v) is 10.4. The van der Waals surface area contributed by atoms with Gasteiger partial charge in [0.15, 0.2) is 20.6 Å². The number of methoxy groups -OCH3 is 1. The van der Waals surface area contributed by atoms with Crippen LogP contribution in [0.2, 0.25) is 0 Å². The Hall–Kier alpha value is -3.47. The Kier molecular flexibility index (Phi) is 5.50. The average Bonchev–Trinajstić information content (AvgIpc) is 3.07. The van der Waals surface area contributed by atoms with Crippen molar-refractivity contribution in [3.8, 4) is 17.0 Å². The summed E-state index contributed by atoms with van der Waals surface area (Å²) in [6, 6.07) is 6.54. The van der Waals surface area contributed by atoms with Gasteiger partial charge >= 0.3 is 0 Å². The van der Waals surface area contributed by atoms with Gasteiger partial charge in [0.1, 0.15) is 11.6 Å². The number of carbonyl (C=O) groups excluding carboxylic acids is 1. The van der Waals surface area contributed by atoms with Gasteiger partial charge in [0.05, 0.1) is 18.5 Å². The summed E-state index contributed by atoms with van der Waals surface area (Å²) in [5.41, 5.74) is 1.84. The van der Waals surface area contributed by atoms with Crippen LogP contribution in [0.1, 0.15) is 6.92 Å². The van der Waals surface area contributed by atoms with Crippen LogP contribution in [0.5, 0.6) is 5.75 Å². The van der Waals surface area contributed by atoms with E-state index in [2.05, 4.69) is 25.7 Å². The van der Waals surface area contributed by atoms with Crippen molar-refractivity contribution < 1.29 is 17.9 Å². The number of hydrogen-bond donors (Lipinski definition) is 2. The number of aromatic nitrogens is 4. The smallest absolute Gasteiger partial charge is 0.222 e. The molecule has 0 unspecified atom stereocenters. The molecule has 11 heteroatoms. The SMILES string of the molecule is COc1ccc(Nc2cc(NC(C)=O)ncc2-c2ccn(C)n2)nc1S(C)(=O)=O. The maximum absolute atomic E-state index is 12.0. The molecule has 0 saturated carbocycles. The van der Waals surface area contributed by atoms with Crippen molar-refractivity contribution in [2.24, 2.45) is 7.05 Å². The van der Waals surface area contributed by atoms with Gasteiger partial charge in [-0.1, -0.05) is 0 Å². The molecule has 10 nitrogen and oxygen atoms in total. The zero-order valence-electron chi connectivity index (χ0n) is 16.3. The normalized spacial score (nSPS) is 11.2. The summed E-state index contributed by atoms with van der Waals surface area (Å²) in [6.45, 7) is 1.38. The highest BCUT2D eigenvalue weighted by atomic mass is 32.2. The van der Waals surface area contributed by atoms with Crippen LogP contribution in [0.25, 0.3) is 11.3 Å². The van der Waals surface area contributed by atoms with Crippen molar-refractivity contribution in [2.75, 3.05) is 24.0 Å². The summed E-state index contributed by atoms with van der Waals surface area (Å²) < 4.78 is 30.8. The predicted octanol–water partition coefficient (Wildman–Crippen LogP) is 1.99. The summed E-state index contributed by atoms with van der Waals surface area (Å²) in [6.07, 6.45) is 4.41. The lowest BCUT2D eigenvalue weighted by Crippen LogP contribution is -2.09. The van der Waals surface area contributed by atoms with Crippen molar-refractivity contribution in [3.63, 3.8) is 0 Å². The maximum atomic E-state index is 12.0. The number of carbonyl (C=O) groups is 1. The monoisotopic (exact) mass is 416 g/mol. The predicted molar refractivity (Wildman–Crippen MR) is 108 cm³/mol. The fourth-order valence-electron chi connectivity index (χ4n) is 2.63. The molecule has 3 rings (SSSR count). The molecule has 0 aliphatic heterocycles. The fraction of sp³-hybridized carbons (Fsp3) is 0.222. The van der Waals surface area contributed by atoms with Crippen molar-refractivity contribution in [3.05, 3.63) is 36.7 Å². The molecule has 0 aliphatic rings. The number of ether oxygens (including phenoxy) is 1. The van der Waals surface area contributed by atoms with Gasteiger partial charge in [0.2, 0.25) is 5.91 Å². The van der Waals surface area contributed by atoms with Crippen LogP contribution >= 0.6 is 0 Å². The van der Waals surface area contributed by atoms with Crippen molar-refractivity contribution >= 4 is 33.1 Å². The molecule has 3 heterocycles. The summed E-state index contributed by atoms with van der Waals surface area (Å²) in [7, 11) is -0.438. The summed E-state index contributed by atoms with van der Waals surface area (Å²) in [5.74, 6) is 0.493. The van der Waals surface area contributed by atoms with Crippen LogP contribution in [-0.2, 0) is 21.7 Å². The second-order valence-corrected chi connectivity index (χ2v) is 8.20. The van der Waals surface area contributed by atoms with Crippen molar-refractivity contribution in [2.45, 2.75) is 11.9 Å². The number of hydrogen-bond acceptors (Lipinski definition) is 8. The maximum Gasteiger partial charge on any atom is 0.222 e. The van der Waals surface area contributed by atoms with E-state index in [0.717, 1.165) is 6.26 Å². The molecule has 0 bridgehead atoms. The van der Waals surface area contributed by atoms with Gasteiger partial charge in [0, 0.05) is 44.3 Å². The van der Waals surface area contributed by atoms with Gasteiger partial charge < -0.3 is 15.4 Å². The topological polar surface area (TPSA) is 128 Å². The lowest BCUT2D eigenvalue weighted by molar-refractivity contribution is -0.114. The van der Waals surface area contributed by atoms with Gasteiger partial charge in [-0.05, 0) is 18.2 Å². The van der Waals surface area contributed by atoms with Crippen molar-refractivity contribution in [1.29, 1.82) is 0 Å². The number of pyridine rings is 2. The minimum atomic E-state index is -3.60. The second kappa shape index (κ2) is 7.87. The first kappa shape index (κ1) is 20.3. The van der Waals surface area contributed by atoms with E-state index in [1.165, 1.54) is 20.1 Å². The average molecular weight is 416 g/mol. The number of nitrogens with one attached hydrogen (secondary N) is 2. The highest BCUT2D eigenvalue weighted by Crippen LogP contribution is 2.31. The number of anilines is 3. The first-order valence-electron chi connectivity index (χ1n) is 8.47. The lowest BCUT2D eigenvalue weighted by atomic mass is 10.1. The first-order chi connectivity index (χ1) is 13.7. The van der Waals surface area contributed by atoms with Crippen LogP contribution in [0.15, 0.2) is 41.7 Å². The molecule has 0 aliphatic carbocycles. The fourth-order valence-corrected chi connectivity index (χ4v) is 3.41. The largest absolute Gasteiger partial charge is 0.494 e. The molecule has 0 saturated heterocycles. The molecule has 0 atom stereocenters. The molecule has 29 heavy (non-hydrogen) atoms. The van der Waals surface area contributed by atoms with E-state index in [0.29, 0.717) is 22.8 Å². The Morgan fingerprint density at radius 1 is 1.21 bits per heavy atom. The molecule has 3 aromatic rings. The van der Waals surface area contributed by atoms with Crippen LogP contribution in [0, 0.1) is 0 Å². The molecular weight excluding hydrogens is 396 g/mol. The van der Waals surface area contributed by atoms with Gasteiger partial charge in [-0.15, -0.1) is 0 Å². The second-order valence-electron chi connectivity index (χ2n) is 6.27. The quantitative estimate of drug-likeness (QED) is 0.624. The van der Waals surface area contributed by atoms with E-state index in [9.17, 15) is 13.2 Å². The van der Waals surface area contributed by atoms with Crippen LogP contribution in [-0.4, -0.2) is 47.4 Å². The minimum Gasteiger partial charge on any atom is -0.494 e. The molecule has 0 spiro atoms. The van der Waals surface area contributed by atoms with E-state index in [4.69, 9.17) is 4.74 Å². The third-order valence-electron chi connectivity index (χ3n) is 3.86.